The van der Waals surface area contributed by atoms with E-state index in [-0.39, 0.29) is 5.48 Å². The Bertz CT molecular complexity index is 78.9. The topological polar surface area (TPSA) is 40.7 Å². The molecule has 4 heteroatoms. The maximum Gasteiger partial charge on any atom is 0.170 e. The van der Waals surface area contributed by atoms with Gasteiger partial charge in [0.2, 0.25) is 0 Å². The van der Waals surface area contributed by atoms with Crippen molar-refractivity contribution in [3.05, 3.63) is 0 Å². The second kappa shape index (κ2) is 3.66. The Kier molecular flexibility index (Phi) is 4.75. The van der Waals surface area contributed by atoms with Gasteiger partial charge in [-0.1, -0.05) is 0 Å². The highest BCUT2D eigenvalue weighted by Gasteiger charge is 2.24. The van der Waals surface area contributed by atoms with Crippen LogP contribution in [0.2, 0.25) is 39.3 Å². The Labute approximate surface area is 66.2 Å². The number of rotatable bonds is 2. The molecule has 0 saturated carbocycles. The average Bonchev–Trinajstić information content (AvgIpc) is 1.14. The van der Waals surface area contributed by atoms with E-state index >= 15 is 0 Å². The summed E-state index contributed by atoms with van der Waals surface area (Å²) in [5.74, 6) is 0. The Hall–Kier alpha value is 0.354. The van der Waals surface area contributed by atoms with Gasteiger partial charge in [-0.15, -0.1) is 0 Å². The molecule has 2 nitrogen and oxygen atoms in total. The van der Waals surface area contributed by atoms with Gasteiger partial charge in [0.25, 0.3) is 0 Å². The van der Waals surface area contributed by atoms with E-state index in [2.05, 4.69) is 39.3 Å². The van der Waals surface area contributed by atoms with Crippen molar-refractivity contribution in [1.29, 1.82) is 0 Å². The maximum atomic E-state index is 5.90. The van der Waals surface area contributed by atoms with Gasteiger partial charge in [0.1, 0.15) is 0 Å². The first-order chi connectivity index (χ1) is 3.71. The molecule has 0 aromatic rings. The molecule has 0 amide bonds. The molecule has 0 unspecified atom stereocenters. The molecule has 0 saturated heterocycles. The molecule has 0 spiro atoms. The second-order valence-corrected chi connectivity index (χ2v) is 13.6. The van der Waals surface area contributed by atoms with Crippen LogP contribution in [0, 0.1) is 0 Å². The van der Waals surface area contributed by atoms with Crippen molar-refractivity contribution in [3.8, 4) is 0 Å². The fourth-order valence-electron chi connectivity index (χ4n) is 0.919. The molecule has 2 N–H and O–H groups in total. The van der Waals surface area contributed by atoms with E-state index in [0.717, 1.165) is 0 Å². The van der Waals surface area contributed by atoms with E-state index in [1.54, 1.807) is 0 Å². The third-order valence-corrected chi connectivity index (χ3v) is 5.51. The van der Waals surface area contributed by atoms with Crippen LogP contribution in [0.4, 0.5) is 0 Å². The summed E-state index contributed by atoms with van der Waals surface area (Å²) in [5.41, 5.74) is 0. The molecule has 0 aliphatic rings. The predicted molar refractivity (Wildman–Crippen MR) is 51.4 cm³/mol. The third kappa shape index (κ3) is 11.2. The second-order valence-electron chi connectivity index (χ2n) is 4.33. The molecule has 0 aromatic heterocycles. The van der Waals surface area contributed by atoms with Crippen LogP contribution < -0.4 is 0 Å². The molecule has 0 aliphatic heterocycles. The Morgan fingerprint density at radius 3 is 0.900 bits per heavy atom. The molecule has 0 aromatic carbocycles. The van der Waals surface area contributed by atoms with Gasteiger partial charge in [0, 0.05) is 0 Å². The van der Waals surface area contributed by atoms with Gasteiger partial charge in [-0.25, -0.2) is 0 Å². The van der Waals surface area contributed by atoms with E-state index in [4.69, 9.17) is 4.12 Å². The summed E-state index contributed by atoms with van der Waals surface area (Å²) in [4.78, 5) is 0. The van der Waals surface area contributed by atoms with Crippen molar-refractivity contribution in [2.75, 3.05) is 0 Å². The Balaban J connectivity index is 0. The third-order valence-electron chi connectivity index (χ3n) is 0.612. The van der Waals surface area contributed by atoms with Crippen LogP contribution in [0.25, 0.3) is 0 Å². The first-order valence-corrected chi connectivity index (χ1v) is 10.2. The van der Waals surface area contributed by atoms with Gasteiger partial charge in [-0.3, -0.25) is 0 Å². The summed E-state index contributed by atoms with van der Waals surface area (Å²) in [6, 6.07) is 0. The summed E-state index contributed by atoms with van der Waals surface area (Å²) >= 11 is 0. The highest BCUT2D eigenvalue weighted by Crippen LogP contribution is 2.12. The normalized spacial score (nSPS) is 12.6. The molecule has 0 bridgehead atoms. The molecule has 64 valence electrons. The molecule has 0 fully saturated rings. The minimum absolute atomic E-state index is 0. The van der Waals surface area contributed by atoms with Crippen molar-refractivity contribution in [1.82, 2.24) is 0 Å². The van der Waals surface area contributed by atoms with Crippen molar-refractivity contribution in [2.24, 2.45) is 0 Å². The molecule has 0 radical (unpaired) electrons. The maximum absolute atomic E-state index is 5.90. The van der Waals surface area contributed by atoms with Crippen molar-refractivity contribution < 1.29 is 9.59 Å². The first kappa shape index (κ1) is 13.0. The summed E-state index contributed by atoms with van der Waals surface area (Å²) in [6.45, 7) is 13.4. The molecule has 10 heavy (non-hydrogen) atoms. The van der Waals surface area contributed by atoms with Gasteiger partial charge in [-0.05, 0) is 39.3 Å². The summed E-state index contributed by atoms with van der Waals surface area (Å²) in [7, 11) is -2.46. The quantitative estimate of drug-likeness (QED) is 0.598. The zero-order valence-corrected chi connectivity index (χ0v) is 9.91. The molecule has 0 rings (SSSR count). The first-order valence-electron chi connectivity index (χ1n) is 3.41. The van der Waals surface area contributed by atoms with Gasteiger partial charge in [0.15, 0.2) is 16.6 Å². The fourth-order valence-corrected chi connectivity index (χ4v) is 8.27. The predicted octanol–water partition coefficient (Wildman–Crippen LogP) is 1.85. The van der Waals surface area contributed by atoms with Crippen LogP contribution in [0.3, 0.4) is 0 Å². The number of hydrogen-bond donors (Lipinski definition) is 0. The minimum atomic E-state index is -1.23. The smallest absolute Gasteiger partial charge is 0.170 e. The largest absolute Gasteiger partial charge is 0.456 e. The van der Waals surface area contributed by atoms with Gasteiger partial charge in [0.05, 0.1) is 0 Å². The molecule has 0 atom stereocenters. The van der Waals surface area contributed by atoms with Crippen LogP contribution in [-0.4, -0.2) is 22.1 Å². The molecular weight excluding hydrogens is 160 g/mol. The molecule has 0 heterocycles. The van der Waals surface area contributed by atoms with E-state index in [9.17, 15) is 0 Å². The molecular formula is C6H20O2Si2. The van der Waals surface area contributed by atoms with E-state index in [1.165, 1.54) is 0 Å². The highest BCUT2D eigenvalue weighted by atomic mass is 28.4. The summed E-state index contributed by atoms with van der Waals surface area (Å²) in [5, 5.41) is 0. The van der Waals surface area contributed by atoms with Crippen LogP contribution >= 0.6 is 0 Å². The van der Waals surface area contributed by atoms with Crippen LogP contribution in [0.1, 0.15) is 0 Å². The lowest BCUT2D eigenvalue weighted by Gasteiger charge is -2.27. The Morgan fingerprint density at radius 1 is 0.700 bits per heavy atom. The average molecular weight is 180 g/mol. The van der Waals surface area contributed by atoms with Crippen molar-refractivity contribution in [3.63, 3.8) is 0 Å². The minimum Gasteiger partial charge on any atom is -0.456 e. The van der Waals surface area contributed by atoms with E-state index in [0.29, 0.717) is 0 Å². The standard InChI is InChI=1S/C6H18OSi2.H2O/c1-8(2,3)7-9(4,5)6;/h1-6H3;1H2. The van der Waals surface area contributed by atoms with Gasteiger partial charge < -0.3 is 9.59 Å². The van der Waals surface area contributed by atoms with Crippen LogP contribution in [-0.2, 0) is 4.12 Å². The lowest BCUT2D eigenvalue weighted by atomic mass is 11.8. The van der Waals surface area contributed by atoms with Gasteiger partial charge >= 0.3 is 0 Å². The highest BCUT2D eigenvalue weighted by molar-refractivity contribution is 6.83. The van der Waals surface area contributed by atoms with E-state index < -0.39 is 16.6 Å². The van der Waals surface area contributed by atoms with Crippen molar-refractivity contribution >= 4 is 16.6 Å². The lowest BCUT2D eigenvalue weighted by Crippen LogP contribution is -2.39. The summed E-state index contributed by atoms with van der Waals surface area (Å²) < 4.78 is 5.90. The fraction of sp³-hybridized carbons (Fsp3) is 1.00. The Morgan fingerprint density at radius 2 is 0.900 bits per heavy atom. The van der Waals surface area contributed by atoms with E-state index in [1.807, 2.05) is 0 Å². The monoisotopic (exact) mass is 180 g/mol. The zero-order chi connectivity index (χ0) is 7.71. The molecule has 0 aliphatic carbocycles. The summed E-state index contributed by atoms with van der Waals surface area (Å²) in [6.07, 6.45) is 0. The zero-order valence-electron chi connectivity index (χ0n) is 7.91. The van der Waals surface area contributed by atoms with Crippen molar-refractivity contribution in [2.45, 2.75) is 39.3 Å². The lowest BCUT2D eigenvalue weighted by molar-refractivity contribution is 0.559. The van der Waals surface area contributed by atoms with Crippen LogP contribution in [0.15, 0.2) is 0 Å². The SMILES string of the molecule is C[Si](C)(C)O[Si](C)(C)C.O. The number of hydrogen-bond acceptors (Lipinski definition) is 1. The van der Waals surface area contributed by atoms with Crippen LogP contribution in [0.5, 0.6) is 0 Å². The van der Waals surface area contributed by atoms with Gasteiger partial charge in [-0.2, -0.15) is 0 Å².